The number of amides is 1. The second kappa shape index (κ2) is 7.10. The predicted octanol–water partition coefficient (Wildman–Crippen LogP) is 2.71. The van der Waals surface area contributed by atoms with Crippen molar-refractivity contribution in [2.24, 2.45) is 0 Å². The van der Waals surface area contributed by atoms with E-state index in [1.807, 2.05) is 18.2 Å². The standard InChI is InChI=1S/C15H14INO4S/c1-22(19,20)14-7-5-12(6-8-14)17-15(18)10-21-13-4-2-3-11(16)9-13/h2-9H,10H2,1H3,(H,17,18). The zero-order chi connectivity index (χ0) is 16.2. The summed E-state index contributed by atoms with van der Waals surface area (Å²) in [5, 5.41) is 2.64. The minimum absolute atomic E-state index is 0.117. The number of nitrogens with one attached hydrogen (secondary N) is 1. The fourth-order valence-electron chi connectivity index (χ4n) is 1.69. The van der Waals surface area contributed by atoms with Gasteiger partial charge in [0.2, 0.25) is 0 Å². The molecule has 5 nitrogen and oxygen atoms in total. The fourth-order valence-corrected chi connectivity index (χ4v) is 2.83. The van der Waals surface area contributed by atoms with E-state index in [-0.39, 0.29) is 17.4 Å². The molecule has 22 heavy (non-hydrogen) atoms. The molecule has 0 aliphatic rings. The maximum atomic E-state index is 11.8. The lowest BCUT2D eigenvalue weighted by molar-refractivity contribution is -0.118. The maximum absolute atomic E-state index is 11.8. The highest BCUT2D eigenvalue weighted by Gasteiger charge is 2.08. The predicted molar refractivity (Wildman–Crippen MR) is 92.8 cm³/mol. The molecule has 2 aromatic rings. The van der Waals surface area contributed by atoms with E-state index < -0.39 is 9.84 Å². The monoisotopic (exact) mass is 431 g/mol. The van der Waals surface area contributed by atoms with Crippen LogP contribution < -0.4 is 10.1 Å². The molecule has 2 aromatic carbocycles. The SMILES string of the molecule is CS(=O)(=O)c1ccc(NC(=O)COc2cccc(I)c2)cc1. The van der Waals surface area contributed by atoms with Gasteiger partial charge < -0.3 is 10.1 Å². The van der Waals surface area contributed by atoms with Crippen LogP contribution in [0.4, 0.5) is 5.69 Å². The normalized spacial score (nSPS) is 11.0. The van der Waals surface area contributed by atoms with Gasteiger partial charge in [-0.25, -0.2) is 8.42 Å². The molecular formula is C15H14INO4S. The van der Waals surface area contributed by atoms with Crippen molar-refractivity contribution in [3.63, 3.8) is 0 Å². The van der Waals surface area contributed by atoms with Gasteiger partial charge in [-0.15, -0.1) is 0 Å². The third-order valence-electron chi connectivity index (χ3n) is 2.73. The number of rotatable bonds is 5. The van der Waals surface area contributed by atoms with Crippen LogP contribution in [0.1, 0.15) is 0 Å². The Bertz CT molecular complexity index is 772. The van der Waals surface area contributed by atoms with Gasteiger partial charge in [0.05, 0.1) is 4.90 Å². The van der Waals surface area contributed by atoms with Crippen LogP contribution in [-0.4, -0.2) is 27.2 Å². The molecule has 7 heteroatoms. The van der Waals surface area contributed by atoms with Crippen molar-refractivity contribution < 1.29 is 17.9 Å². The molecule has 1 amide bonds. The van der Waals surface area contributed by atoms with Gasteiger partial charge in [0.15, 0.2) is 16.4 Å². The highest BCUT2D eigenvalue weighted by Crippen LogP contribution is 2.16. The highest BCUT2D eigenvalue weighted by atomic mass is 127. The third-order valence-corrected chi connectivity index (χ3v) is 4.53. The minimum atomic E-state index is -3.24. The molecule has 0 fully saturated rings. The van der Waals surface area contributed by atoms with Crippen molar-refractivity contribution in [2.45, 2.75) is 4.90 Å². The van der Waals surface area contributed by atoms with E-state index in [9.17, 15) is 13.2 Å². The molecule has 0 saturated carbocycles. The number of ether oxygens (including phenoxy) is 1. The first-order valence-electron chi connectivity index (χ1n) is 6.33. The first-order chi connectivity index (χ1) is 10.3. The Kier molecular flexibility index (Phi) is 5.41. The number of hydrogen-bond acceptors (Lipinski definition) is 4. The summed E-state index contributed by atoms with van der Waals surface area (Å²) in [6.07, 6.45) is 1.13. The van der Waals surface area contributed by atoms with Crippen molar-refractivity contribution in [3.8, 4) is 5.75 Å². The van der Waals surface area contributed by atoms with E-state index in [1.54, 1.807) is 18.2 Å². The molecule has 0 aromatic heterocycles. The number of benzene rings is 2. The summed E-state index contributed by atoms with van der Waals surface area (Å²) in [5.41, 5.74) is 0.517. The molecule has 2 rings (SSSR count). The molecule has 0 saturated heterocycles. The van der Waals surface area contributed by atoms with Gasteiger partial charge >= 0.3 is 0 Å². The second-order valence-corrected chi connectivity index (χ2v) is 7.85. The van der Waals surface area contributed by atoms with Crippen LogP contribution in [0.15, 0.2) is 53.4 Å². The van der Waals surface area contributed by atoms with E-state index in [1.165, 1.54) is 12.1 Å². The molecule has 116 valence electrons. The van der Waals surface area contributed by atoms with Gasteiger partial charge in [-0.3, -0.25) is 4.79 Å². The van der Waals surface area contributed by atoms with E-state index in [0.29, 0.717) is 11.4 Å². The van der Waals surface area contributed by atoms with E-state index in [2.05, 4.69) is 27.9 Å². The molecule has 1 N–H and O–H groups in total. The van der Waals surface area contributed by atoms with Crippen LogP contribution in [0.5, 0.6) is 5.75 Å². The first-order valence-corrected chi connectivity index (χ1v) is 9.30. The minimum Gasteiger partial charge on any atom is -0.484 e. The lowest BCUT2D eigenvalue weighted by Gasteiger charge is -2.08. The number of sulfone groups is 1. The first kappa shape index (κ1) is 16.8. The Morgan fingerprint density at radius 3 is 2.45 bits per heavy atom. The van der Waals surface area contributed by atoms with Crippen molar-refractivity contribution >= 4 is 44.0 Å². The van der Waals surface area contributed by atoms with Crippen LogP contribution in [0.2, 0.25) is 0 Å². The number of anilines is 1. The van der Waals surface area contributed by atoms with E-state index in [4.69, 9.17) is 4.74 Å². The van der Waals surface area contributed by atoms with E-state index >= 15 is 0 Å². The summed E-state index contributed by atoms with van der Waals surface area (Å²) in [5.74, 6) is 0.306. The average Bonchev–Trinajstić information content (AvgIpc) is 2.45. The van der Waals surface area contributed by atoms with E-state index in [0.717, 1.165) is 9.83 Å². The number of halogens is 1. The van der Waals surface area contributed by atoms with Crippen molar-refractivity contribution in [1.82, 2.24) is 0 Å². The summed E-state index contributed by atoms with van der Waals surface area (Å²) in [6.45, 7) is -0.117. The zero-order valence-electron chi connectivity index (χ0n) is 11.7. The Labute approximate surface area is 142 Å². The Hall–Kier alpha value is -1.61. The number of carbonyl (C=O) groups excluding carboxylic acids is 1. The Balaban J connectivity index is 1.92. The topological polar surface area (TPSA) is 72.5 Å². The van der Waals surface area contributed by atoms with Crippen molar-refractivity contribution in [2.75, 3.05) is 18.2 Å². The molecule has 0 radical (unpaired) electrons. The summed E-state index contributed by atoms with van der Waals surface area (Å²) in [6, 6.07) is 13.4. The van der Waals surface area contributed by atoms with Crippen LogP contribution in [0.3, 0.4) is 0 Å². The summed E-state index contributed by atoms with van der Waals surface area (Å²) in [7, 11) is -3.24. The van der Waals surface area contributed by atoms with Gasteiger partial charge in [-0.1, -0.05) is 6.07 Å². The number of carbonyl (C=O) groups is 1. The summed E-state index contributed by atoms with van der Waals surface area (Å²) >= 11 is 2.16. The van der Waals surface area contributed by atoms with Gasteiger partial charge in [-0.2, -0.15) is 0 Å². The molecule has 0 bridgehead atoms. The fraction of sp³-hybridized carbons (Fsp3) is 0.133. The van der Waals surface area contributed by atoms with Gasteiger partial charge in [0.25, 0.3) is 5.91 Å². The quantitative estimate of drug-likeness (QED) is 0.740. The lowest BCUT2D eigenvalue weighted by atomic mass is 10.3. The molecule has 0 unspecified atom stereocenters. The van der Waals surface area contributed by atoms with Crippen molar-refractivity contribution in [1.29, 1.82) is 0 Å². The number of hydrogen-bond donors (Lipinski definition) is 1. The molecule has 0 spiro atoms. The van der Waals surface area contributed by atoms with Crippen LogP contribution >= 0.6 is 22.6 Å². The zero-order valence-corrected chi connectivity index (χ0v) is 14.7. The average molecular weight is 431 g/mol. The highest BCUT2D eigenvalue weighted by molar-refractivity contribution is 14.1. The Morgan fingerprint density at radius 2 is 1.86 bits per heavy atom. The molecule has 0 heterocycles. The van der Waals surface area contributed by atoms with Crippen LogP contribution in [-0.2, 0) is 14.6 Å². The van der Waals surface area contributed by atoms with Gasteiger partial charge in [0, 0.05) is 15.5 Å². The van der Waals surface area contributed by atoms with Gasteiger partial charge in [0.1, 0.15) is 5.75 Å². The summed E-state index contributed by atoms with van der Waals surface area (Å²) in [4.78, 5) is 12.0. The van der Waals surface area contributed by atoms with Crippen molar-refractivity contribution in [3.05, 3.63) is 52.1 Å². The molecule has 0 atom stereocenters. The van der Waals surface area contributed by atoms with Crippen LogP contribution in [0.25, 0.3) is 0 Å². The molecule has 0 aliphatic heterocycles. The largest absolute Gasteiger partial charge is 0.484 e. The maximum Gasteiger partial charge on any atom is 0.262 e. The molecule has 0 aliphatic carbocycles. The Morgan fingerprint density at radius 1 is 1.18 bits per heavy atom. The molecular weight excluding hydrogens is 417 g/mol. The summed E-state index contributed by atoms with van der Waals surface area (Å²) < 4.78 is 29.1. The van der Waals surface area contributed by atoms with Gasteiger partial charge in [-0.05, 0) is 65.1 Å². The smallest absolute Gasteiger partial charge is 0.262 e. The van der Waals surface area contributed by atoms with Crippen LogP contribution in [0, 0.1) is 3.57 Å². The lowest BCUT2D eigenvalue weighted by Crippen LogP contribution is -2.20. The third kappa shape index (κ3) is 4.99. The second-order valence-electron chi connectivity index (χ2n) is 4.59.